The van der Waals surface area contributed by atoms with Crippen LogP contribution in [0.25, 0.3) is 6.08 Å². The molecule has 5 nitrogen and oxygen atoms in total. The zero-order valence-corrected chi connectivity index (χ0v) is 16.5. The molecule has 0 spiro atoms. The lowest BCUT2D eigenvalue weighted by Crippen LogP contribution is -2.43. The third-order valence-corrected chi connectivity index (χ3v) is 4.26. The van der Waals surface area contributed by atoms with Crippen LogP contribution in [0, 0.1) is 5.41 Å². The number of esters is 2. The van der Waals surface area contributed by atoms with Gasteiger partial charge in [0.25, 0.3) is 0 Å². The minimum Gasteiger partial charge on any atom is -0.490 e. The topological polar surface area (TPSA) is 61.8 Å². The Bertz CT molecular complexity index is 712. The Kier molecular flexibility index (Phi) is 7.22. The van der Waals surface area contributed by atoms with Crippen molar-refractivity contribution in [2.24, 2.45) is 5.41 Å². The molecule has 0 fully saturated rings. The maximum Gasteiger partial charge on any atom is 0.324 e. The molecule has 0 saturated heterocycles. The normalized spacial score (nSPS) is 17.0. The molecule has 0 bridgehead atoms. The van der Waals surface area contributed by atoms with Crippen LogP contribution in [0.5, 0.6) is 5.75 Å². The van der Waals surface area contributed by atoms with E-state index in [9.17, 15) is 9.59 Å². The first kappa shape index (κ1) is 20.7. The van der Waals surface area contributed by atoms with Crippen LogP contribution in [0.4, 0.5) is 0 Å². The van der Waals surface area contributed by atoms with Gasteiger partial charge in [-0.25, -0.2) is 0 Å². The molecule has 0 unspecified atom stereocenters. The Morgan fingerprint density at radius 2 is 1.74 bits per heavy atom. The van der Waals surface area contributed by atoms with E-state index < -0.39 is 17.4 Å². The molecule has 0 radical (unpaired) electrons. The summed E-state index contributed by atoms with van der Waals surface area (Å²) in [6, 6.07) is 7.69. The third-order valence-electron chi connectivity index (χ3n) is 4.26. The molecule has 0 N–H and O–H groups in total. The van der Waals surface area contributed by atoms with Crippen molar-refractivity contribution >= 4 is 18.0 Å². The fourth-order valence-corrected chi connectivity index (χ4v) is 3.08. The highest BCUT2D eigenvalue weighted by molar-refractivity contribution is 6.01. The summed E-state index contributed by atoms with van der Waals surface area (Å²) >= 11 is 0. The highest BCUT2D eigenvalue weighted by Gasteiger charge is 2.49. The average Bonchev–Trinajstić information content (AvgIpc) is 2.63. The maximum atomic E-state index is 12.6. The van der Waals surface area contributed by atoms with Crippen LogP contribution in [0.3, 0.4) is 0 Å². The third kappa shape index (κ3) is 5.00. The predicted octanol–water partition coefficient (Wildman–Crippen LogP) is 4.32. The first-order chi connectivity index (χ1) is 12.9. The lowest BCUT2D eigenvalue weighted by Gasteiger charge is -2.31. The van der Waals surface area contributed by atoms with Crippen molar-refractivity contribution in [3.05, 3.63) is 47.6 Å². The number of carbonyl (C=O) groups is 2. The van der Waals surface area contributed by atoms with Crippen molar-refractivity contribution in [3.63, 3.8) is 0 Å². The van der Waals surface area contributed by atoms with Gasteiger partial charge in [0, 0.05) is 5.56 Å². The molecule has 146 valence electrons. The summed E-state index contributed by atoms with van der Waals surface area (Å²) in [5.41, 5.74) is 0.414. The van der Waals surface area contributed by atoms with E-state index in [1.54, 1.807) is 13.8 Å². The van der Waals surface area contributed by atoms with Crippen LogP contribution in [-0.4, -0.2) is 31.3 Å². The summed E-state index contributed by atoms with van der Waals surface area (Å²) in [5.74, 6) is -0.312. The number of ether oxygens (including phenoxy) is 3. The van der Waals surface area contributed by atoms with E-state index in [4.69, 9.17) is 14.2 Å². The summed E-state index contributed by atoms with van der Waals surface area (Å²) < 4.78 is 16.3. The highest BCUT2D eigenvalue weighted by atomic mass is 16.6. The van der Waals surface area contributed by atoms with Gasteiger partial charge in [-0.15, -0.1) is 0 Å². The zero-order valence-electron chi connectivity index (χ0n) is 16.5. The molecule has 0 aliphatic heterocycles. The van der Waals surface area contributed by atoms with Gasteiger partial charge in [-0.2, -0.15) is 0 Å². The van der Waals surface area contributed by atoms with E-state index in [2.05, 4.69) is 0 Å². The average molecular weight is 372 g/mol. The van der Waals surface area contributed by atoms with E-state index in [0.29, 0.717) is 0 Å². The van der Waals surface area contributed by atoms with Crippen LogP contribution in [0.1, 0.15) is 46.1 Å². The van der Waals surface area contributed by atoms with E-state index in [1.165, 1.54) is 0 Å². The summed E-state index contributed by atoms with van der Waals surface area (Å²) in [6.07, 6.45) is 6.26. The lowest BCUT2D eigenvalue weighted by molar-refractivity contribution is -0.172. The minimum absolute atomic E-state index is 0.0459. The van der Waals surface area contributed by atoms with Gasteiger partial charge in [0.05, 0.1) is 19.3 Å². The smallest absolute Gasteiger partial charge is 0.324 e. The fourth-order valence-electron chi connectivity index (χ4n) is 3.08. The molecule has 2 rings (SSSR count). The molecule has 0 aromatic heterocycles. The standard InChI is InChI=1S/C22H28O5/c1-5-25-20(23)22(21(24)26-6-2)13-9-10-17(15-22)14-18-11-7-8-12-19(18)27-16(3)4/h7-12,14,16H,5-6,13,15H2,1-4H3/b17-14+. The Hall–Kier alpha value is -2.56. The molecule has 1 aliphatic carbocycles. The minimum atomic E-state index is -1.33. The first-order valence-electron chi connectivity index (χ1n) is 9.40. The molecule has 0 amide bonds. The second kappa shape index (κ2) is 9.40. The van der Waals surface area contributed by atoms with Gasteiger partial charge in [-0.3, -0.25) is 9.59 Å². The van der Waals surface area contributed by atoms with Gasteiger partial charge in [0.2, 0.25) is 0 Å². The number of allylic oxidation sites excluding steroid dienone is 3. The molecule has 27 heavy (non-hydrogen) atoms. The monoisotopic (exact) mass is 372 g/mol. The summed E-state index contributed by atoms with van der Waals surface area (Å²) in [6.45, 7) is 7.83. The second-order valence-corrected chi connectivity index (χ2v) is 6.73. The molecule has 1 aromatic rings. The number of hydrogen-bond donors (Lipinski definition) is 0. The lowest BCUT2D eigenvalue weighted by atomic mass is 9.74. The molecule has 5 heteroatoms. The molecule has 0 atom stereocenters. The molecule has 1 aromatic carbocycles. The Morgan fingerprint density at radius 3 is 2.33 bits per heavy atom. The zero-order chi connectivity index (χ0) is 19.9. The van der Waals surface area contributed by atoms with Gasteiger partial charge in [0.15, 0.2) is 5.41 Å². The van der Waals surface area contributed by atoms with E-state index in [0.717, 1.165) is 16.9 Å². The first-order valence-corrected chi connectivity index (χ1v) is 9.40. The number of rotatable bonds is 7. The molecule has 1 aliphatic rings. The van der Waals surface area contributed by atoms with Crippen LogP contribution in [-0.2, 0) is 19.1 Å². The number of benzene rings is 1. The van der Waals surface area contributed by atoms with Gasteiger partial charge in [0.1, 0.15) is 5.75 Å². The Labute approximate surface area is 161 Å². The molecule has 0 heterocycles. The second-order valence-electron chi connectivity index (χ2n) is 6.73. The van der Waals surface area contributed by atoms with Gasteiger partial charge in [-0.05, 0) is 58.3 Å². The molecular weight excluding hydrogens is 344 g/mol. The summed E-state index contributed by atoms with van der Waals surface area (Å²) in [7, 11) is 0. The molecular formula is C22H28O5. The Morgan fingerprint density at radius 1 is 1.11 bits per heavy atom. The van der Waals surface area contributed by atoms with Crippen molar-refractivity contribution in [1.29, 1.82) is 0 Å². The van der Waals surface area contributed by atoms with Gasteiger partial charge in [-0.1, -0.05) is 30.4 Å². The van der Waals surface area contributed by atoms with E-state index in [1.807, 2.05) is 56.3 Å². The maximum absolute atomic E-state index is 12.6. The van der Waals surface area contributed by atoms with Crippen LogP contribution < -0.4 is 4.74 Å². The van der Waals surface area contributed by atoms with Crippen molar-refractivity contribution in [2.45, 2.75) is 46.6 Å². The van der Waals surface area contributed by atoms with Crippen molar-refractivity contribution in [1.82, 2.24) is 0 Å². The van der Waals surface area contributed by atoms with E-state index in [-0.39, 0.29) is 32.2 Å². The van der Waals surface area contributed by atoms with Gasteiger partial charge >= 0.3 is 11.9 Å². The summed E-state index contributed by atoms with van der Waals surface area (Å²) in [4.78, 5) is 25.3. The SMILES string of the molecule is CCOC(=O)C1(C(=O)OCC)CC=C/C(=C\c2ccccc2OC(C)C)C1. The van der Waals surface area contributed by atoms with Crippen molar-refractivity contribution < 1.29 is 23.8 Å². The van der Waals surface area contributed by atoms with Crippen LogP contribution >= 0.6 is 0 Å². The quantitative estimate of drug-likeness (QED) is 0.527. The summed E-state index contributed by atoms with van der Waals surface area (Å²) in [5, 5.41) is 0. The van der Waals surface area contributed by atoms with Crippen LogP contribution in [0.15, 0.2) is 42.0 Å². The highest BCUT2D eigenvalue weighted by Crippen LogP contribution is 2.39. The number of para-hydroxylation sites is 1. The number of hydrogen-bond acceptors (Lipinski definition) is 5. The van der Waals surface area contributed by atoms with Gasteiger partial charge < -0.3 is 14.2 Å². The largest absolute Gasteiger partial charge is 0.490 e. The van der Waals surface area contributed by atoms with E-state index >= 15 is 0 Å². The van der Waals surface area contributed by atoms with Crippen LogP contribution in [0.2, 0.25) is 0 Å². The van der Waals surface area contributed by atoms with Crippen molar-refractivity contribution in [3.8, 4) is 5.75 Å². The predicted molar refractivity (Wildman–Crippen MR) is 104 cm³/mol. The Balaban J connectivity index is 2.39. The number of carbonyl (C=O) groups excluding carboxylic acids is 2. The fraction of sp³-hybridized carbons (Fsp3) is 0.455. The van der Waals surface area contributed by atoms with Crippen molar-refractivity contribution in [2.75, 3.05) is 13.2 Å². The molecule has 0 saturated carbocycles.